The number of aryl methyl sites for hydroxylation is 1. The number of likely N-dealkylation sites (tertiary alicyclic amines) is 1. The molecule has 0 bridgehead atoms. The molecule has 3 heterocycles. The normalized spacial score (nSPS) is 24.1. The van der Waals surface area contributed by atoms with Crippen LogP contribution in [0.5, 0.6) is 0 Å². The fourth-order valence-corrected chi connectivity index (χ4v) is 5.00. The number of nitrogens with zero attached hydrogens (tertiary/aromatic N) is 2. The molecule has 1 aromatic rings. The van der Waals surface area contributed by atoms with Gasteiger partial charge in [-0.25, -0.2) is 0 Å². The molecule has 0 radical (unpaired) electrons. The number of carbonyl (C=O) groups excluding carboxylic acids is 5. The van der Waals surface area contributed by atoms with Crippen LogP contribution in [-0.4, -0.2) is 58.5 Å². The van der Waals surface area contributed by atoms with Gasteiger partial charge in [-0.2, -0.15) is 0 Å². The van der Waals surface area contributed by atoms with E-state index in [1.165, 1.54) is 0 Å². The van der Waals surface area contributed by atoms with Crippen molar-refractivity contribution in [2.24, 2.45) is 11.8 Å². The van der Waals surface area contributed by atoms with Gasteiger partial charge in [-0.05, 0) is 49.7 Å². The Kier molecular flexibility index (Phi) is 4.87. The largest absolute Gasteiger partial charge is 0.342 e. The van der Waals surface area contributed by atoms with E-state index in [1.807, 2.05) is 11.0 Å². The predicted molar refractivity (Wildman–Crippen MR) is 109 cm³/mol. The lowest BCUT2D eigenvalue weighted by Crippen LogP contribution is -2.54. The van der Waals surface area contributed by atoms with Crippen LogP contribution < -0.4 is 5.32 Å². The minimum Gasteiger partial charge on any atom is -0.342 e. The van der Waals surface area contributed by atoms with Gasteiger partial charge in [0.2, 0.25) is 17.7 Å². The van der Waals surface area contributed by atoms with Crippen molar-refractivity contribution in [3.63, 3.8) is 0 Å². The molecule has 1 saturated carbocycles. The minimum atomic E-state index is -0.948. The second-order valence-corrected chi connectivity index (χ2v) is 9.06. The molecule has 5 rings (SSSR count). The molecular weight excluding hydrogens is 398 g/mol. The predicted octanol–water partition coefficient (Wildman–Crippen LogP) is 1.28. The average Bonchev–Trinajstić information content (AvgIpc) is 2.91. The third kappa shape index (κ3) is 3.34. The van der Waals surface area contributed by atoms with Gasteiger partial charge in [-0.15, -0.1) is 0 Å². The lowest BCUT2D eigenvalue weighted by Gasteiger charge is -2.43. The fourth-order valence-electron chi connectivity index (χ4n) is 5.00. The van der Waals surface area contributed by atoms with Crippen LogP contribution in [0.1, 0.15) is 64.8 Å². The molecule has 31 heavy (non-hydrogen) atoms. The molecule has 1 aromatic carbocycles. The zero-order valence-corrected chi connectivity index (χ0v) is 17.3. The van der Waals surface area contributed by atoms with E-state index in [2.05, 4.69) is 5.32 Å². The number of carbonyl (C=O) groups is 5. The second kappa shape index (κ2) is 7.59. The van der Waals surface area contributed by atoms with Gasteiger partial charge in [0, 0.05) is 25.4 Å². The van der Waals surface area contributed by atoms with Crippen molar-refractivity contribution in [1.82, 2.24) is 15.1 Å². The maximum atomic E-state index is 13.1. The second-order valence-electron chi connectivity index (χ2n) is 9.06. The first kappa shape index (κ1) is 19.9. The number of hydrogen-bond acceptors (Lipinski definition) is 5. The highest BCUT2D eigenvalue weighted by molar-refractivity contribution is 6.24. The quantitative estimate of drug-likeness (QED) is 0.719. The van der Waals surface area contributed by atoms with Gasteiger partial charge in [0.05, 0.1) is 11.1 Å². The van der Waals surface area contributed by atoms with Crippen LogP contribution in [0.4, 0.5) is 0 Å². The summed E-state index contributed by atoms with van der Waals surface area (Å²) in [5.74, 6) is -1.01. The summed E-state index contributed by atoms with van der Waals surface area (Å²) in [7, 11) is 0. The van der Waals surface area contributed by atoms with Crippen molar-refractivity contribution >= 4 is 29.5 Å². The molecule has 3 aliphatic heterocycles. The Hall–Kier alpha value is -3.03. The molecule has 2 saturated heterocycles. The molecule has 1 aliphatic carbocycles. The van der Waals surface area contributed by atoms with Crippen LogP contribution in [0, 0.1) is 11.8 Å². The number of nitrogens with one attached hydrogen (secondary N) is 1. The molecule has 1 unspecified atom stereocenters. The van der Waals surface area contributed by atoms with Gasteiger partial charge >= 0.3 is 0 Å². The molecule has 8 heteroatoms. The van der Waals surface area contributed by atoms with Crippen molar-refractivity contribution in [3.05, 3.63) is 34.9 Å². The smallest absolute Gasteiger partial charge is 0.262 e. The topological polar surface area (TPSA) is 104 Å². The fraction of sp³-hybridized carbons (Fsp3) is 0.522. The highest BCUT2D eigenvalue weighted by Crippen LogP contribution is 2.34. The number of hydrogen-bond donors (Lipinski definition) is 1. The summed E-state index contributed by atoms with van der Waals surface area (Å²) < 4.78 is 0. The van der Waals surface area contributed by atoms with Gasteiger partial charge in [0.15, 0.2) is 0 Å². The summed E-state index contributed by atoms with van der Waals surface area (Å²) in [4.78, 5) is 64.9. The van der Waals surface area contributed by atoms with E-state index in [1.54, 1.807) is 12.1 Å². The van der Waals surface area contributed by atoms with Crippen molar-refractivity contribution in [3.8, 4) is 0 Å². The third-order valence-electron chi connectivity index (χ3n) is 7.10. The number of imide groups is 2. The molecular formula is C23H25N3O5. The summed E-state index contributed by atoms with van der Waals surface area (Å²) >= 11 is 0. The Bertz CT molecular complexity index is 993. The zero-order valence-electron chi connectivity index (χ0n) is 17.3. The number of amides is 5. The van der Waals surface area contributed by atoms with Gasteiger partial charge < -0.3 is 4.90 Å². The first-order valence-electron chi connectivity index (χ1n) is 11.1. The van der Waals surface area contributed by atoms with Gasteiger partial charge in [0.1, 0.15) is 6.04 Å². The maximum Gasteiger partial charge on any atom is 0.262 e. The molecule has 1 atom stereocenters. The van der Waals surface area contributed by atoms with Crippen molar-refractivity contribution in [2.75, 3.05) is 13.1 Å². The molecule has 0 aromatic heterocycles. The molecule has 4 aliphatic rings. The van der Waals surface area contributed by atoms with E-state index in [-0.39, 0.29) is 30.6 Å². The minimum absolute atomic E-state index is 0.106. The van der Waals surface area contributed by atoms with Crippen LogP contribution in [0.25, 0.3) is 0 Å². The molecule has 5 amide bonds. The standard InChI is InChI=1S/C23H25N3O5/c27-18-10-9-17(20(28)24-18)26-22(30)16-6-2-3-14(19(16)23(26)31)8-7-13-11-25(12-13)21(29)15-4-1-5-15/h2-3,6,13,15,17H,1,4-5,7-12H2,(H,24,27,28). The highest BCUT2D eigenvalue weighted by Gasteiger charge is 2.45. The Balaban J connectivity index is 1.25. The first-order chi connectivity index (χ1) is 14.9. The zero-order chi connectivity index (χ0) is 21.7. The Morgan fingerprint density at radius 2 is 1.81 bits per heavy atom. The molecule has 3 fully saturated rings. The lowest BCUT2D eigenvalue weighted by atomic mass is 9.82. The summed E-state index contributed by atoms with van der Waals surface area (Å²) in [5.41, 5.74) is 1.50. The summed E-state index contributed by atoms with van der Waals surface area (Å²) in [5, 5.41) is 2.22. The van der Waals surface area contributed by atoms with Gasteiger partial charge in [-0.1, -0.05) is 18.6 Å². The van der Waals surface area contributed by atoms with E-state index >= 15 is 0 Å². The number of piperidine rings is 1. The van der Waals surface area contributed by atoms with E-state index in [9.17, 15) is 24.0 Å². The Morgan fingerprint density at radius 3 is 2.48 bits per heavy atom. The van der Waals surface area contributed by atoms with Crippen molar-refractivity contribution < 1.29 is 24.0 Å². The van der Waals surface area contributed by atoms with Crippen molar-refractivity contribution in [1.29, 1.82) is 0 Å². The summed E-state index contributed by atoms with van der Waals surface area (Å²) in [6.07, 6.45) is 4.90. The molecule has 0 spiro atoms. The van der Waals surface area contributed by atoms with Crippen LogP contribution in [0.15, 0.2) is 18.2 Å². The highest BCUT2D eigenvalue weighted by atomic mass is 16.2. The first-order valence-corrected chi connectivity index (χ1v) is 11.1. The third-order valence-corrected chi connectivity index (χ3v) is 7.10. The van der Waals surface area contributed by atoms with Crippen LogP contribution in [0.2, 0.25) is 0 Å². The van der Waals surface area contributed by atoms with Gasteiger partial charge in [0.25, 0.3) is 11.8 Å². The Labute approximate surface area is 179 Å². The lowest BCUT2D eigenvalue weighted by molar-refractivity contribution is -0.144. The summed E-state index contributed by atoms with van der Waals surface area (Å²) in [6, 6.07) is 4.29. The number of rotatable bonds is 5. The van der Waals surface area contributed by atoms with Crippen LogP contribution in [-0.2, 0) is 20.8 Å². The van der Waals surface area contributed by atoms with E-state index in [0.717, 1.165) is 49.2 Å². The SMILES string of the molecule is O=C1CCC(N2C(=O)c3cccc(CCC4CN(C(=O)C5CCC5)C4)c3C2=O)C(=O)N1. The average molecular weight is 423 g/mol. The van der Waals surface area contributed by atoms with Crippen molar-refractivity contribution in [2.45, 2.75) is 51.0 Å². The molecule has 8 nitrogen and oxygen atoms in total. The molecule has 1 N–H and O–H groups in total. The van der Waals surface area contributed by atoms with Gasteiger partial charge in [-0.3, -0.25) is 34.2 Å². The van der Waals surface area contributed by atoms with Crippen LogP contribution in [0.3, 0.4) is 0 Å². The van der Waals surface area contributed by atoms with E-state index < -0.39 is 23.8 Å². The monoisotopic (exact) mass is 423 g/mol. The number of fused-ring (bicyclic) bond motifs is 1. The molecule has 162 valence electrons. The van der Waals surface area contributed by atoms with Crippen LogP contribution >= 0.6 is 0 Å². The summed E-state index contributed by atoms with van der Waals surface area (Å²) in [6.45, 7) is 1.53. The number of benzene rings is 1. The van der Waals surface area contributed by atoms with E-state index in [0.29, 0.717) is 23.5 Å². The Morgan fingerprint density at radius 1 is 1.03 bits per heavy atom. The van der Waals surface area contributed by atoms with E-state index in [4.69, 9.17) is 0 Å². The maximum absolute atomic E-state index is 13.1.